The van der Waals surface area contributed by atoms with Crippen molar-refractivity contribution in [1.82, 2.24) is 20.2 Å². The van der Waals surface area contributed by atoms with E-state index < -0.39 is 0 Å². The van der Waals surface area contributed by atoms with Gasteiger partial charge in [0.25, 0.3) is 5.95 Å². The summed E-state index contributed by atoms with van der Waals surface area (Å²) >= 11 is 0. The minimum absolute atomic E-state index is 0.0780. The molecular weight excluding hydrogens is 424 g/mol. The maximum absolute atomic E-state index is 13.1. The molecule has 4 aromatic rings. The van der Waals surface area contributed by atoms with Crippen LogP contribution in [0.15, 0.2) is 78.9 Å². The number of aromatic nitrogens is 4. The van der Waals surface area contributed by atoms with Gasteiger partial charge in [0.15, 0.2) is 0 Å². The van der Waals surface area contributed by atoms with Crippen molar-refractivity contribution in [2.45, 2.75) is 26.8 Å². The average molecular weight is 451 g/mol. The van der Waals surface area contributed by atoms with E-state index in [0.717, 1.165) is 28.1 Å². The SMILES string of the molecule is Cc1ccc(NC(=O)CN2C(c3ccc(C)cc3)=C[C@H](c3ccc(C)cc3)n3nnnc32)cc1. The highest BCUT2D eigenvalue weighted by atomic mass is 16.2. The molecular formula is C27H26N6O. The van der Waals surface area contributed by atoms with Gasteiger partial charge in [0.1, 0.15) is 12.6 Å². The van der Waals surface area contributed by atoms with Gasteiger partial charge in [-0.25, -0.2) is 0 Å². The first kappa shape index (κ1) is 21.6. The Morgan fingerprint density at radius 1 is 0.853 bits per heavy atom. The number of hydrogen-bond acceptors (Lipinski definition) is 5. The van der Waals surface area contributed by atoms with Gasteiger partial charge < -0.3 is 5.32 Å². The van der Waals surface area contributed by atoms with Crippen LogP contribution in [0.5, 0.6) is 0 Å². The number of tetrazole rings is 1. The lowest BCUT2D eigenvalue weighted by atomic mass is 9.99. The van der Waals surface area contributed by atoms with Crippen LogP contribution >= 0.6 is 0 Å². The number of carbonyl (C=O) groups is 1. The molecule has 1 atom stereocenters. The molecule has 0 saturated heterocycles. The van der Waals surface area contributed by atoms with Crippen LogP contribution in [-0.4, -0.2) is 32.7 Å². The highest BCUT2D eigenvalue weighted by molar-refractivity contribution is 5.97. The van der Waals surface area contributed by atoms with Crippen LogP contribution in [0.25, 0.3) is 5.70 Å². The molecule has 1 aliphatic heterocycles. The molecule has 0 fully saturated rings. The van der Waals surface area contributed by atoms with Crippen molar-refractivity contribution in [1.29, 1.82) is 0 Å². The maximum Gasteiger partial charge on any atom is 0.251 e. The zero-order chi connectivity index (χ0) is 23.7. The molecule has 1 N–H and O–H groups in total. The largest absolute Gasteiger partial charge is 0.325 e. The molecule has 170 valence electrons. The molecule has 34 heavy (non-hydrogen) atoms. The number of amides is 1. The fourth-order valence-corrected chi connectivity index (χ4v) is 4.08. The van der Waals surface area contributed by atoms with E-state index in [1.165, 1.54) is 11.1 Å². The van der Waals surface area contributed by atoms with Gasteiger partial charge in [-0.05, 0) is 60.5 Å². The number of hydrogen-bond donors (Lipinski definition) is 1. The molecule has 7 heteroatoms. The number of fused-ring (bicyclic) bond motifs is 1. The second-order valence-electron chi connectivity index (χ2n) is 8.70. The summed E-state index contributed by atoms with van der Waals surface area (Å²) in [5.41, 5.74) is 7.22. The third-order valence-corrected chi connectivity index (χ3v) is 5.99. The maximum atomic E-state index is 13.1. The molecule has 0 bridgehead atoms. The average Bonchev–Trinajstić information content (AvgIpc) is 3.32. The summed E-state index contributed by atoms with van der Waals surface area (Å²) in [6, 6.07) is 24.2. The molecule has 0 radical (unpaired) electrons. The van der Waals surface area contributed by atoms with E-state index in [0.29, 0.717) is 5.95 Å². The molecule has 1 aliphatic rings. The van der Waals surface area contributed by atoms with E-state index >= 15 is 0 Å². The molecule has 3 aromatic carbocycles. The second kappa shape index (κ2) is 8.94. The Hall–Kier alpha value is -4.26. The summed E-state index contributed by atoms with van der Waals surface area (Å²) in [6.07, 6.45) is 2.12. The van der Waals surface area contributed by atoms with E-state index in [4.69, 9.17) is 0 Å². The van der Waals surface area contributed by atoms with Gasteiger partial charge in [-0.15, -0.1) is 0 Å². The second-order valence-corrected chi connectivity index (χ2v) is 8.70. The molecule has 0 spiro atoms. The van der Waals surface area contributed by atoms with Gasteiger partial charge in [0, 0.05) is 5.69 Å². The Balaban J connectivity index is 1.53. The third-order valence-electron chi connectivity index (χ3n) is 5.99. The first-order valence-corrected chi connectivity index (χ1v) is 11.3. The third kappa shape index (κ3) is 4.32. The van der Waals surface area contributed by atoms with Crippen molar-refractivity contribution in [3.05, 3.63) is 107 Å². The summed E-state index contributed by atoms with van der Waals surface area (Å²) in [5.74, 6) is 0.382. The van der Waals surface area contributed by atoms with Gasteiger partial charge >= 0.3 is 0 Å². The van der Waals surface area contributed by atoms with Crippen molar-refractivity contribution in [3.8, 4) is 0 Å². The van der Waals surface area contributed by atoms with Crippen LogP contribution in [0, 0.1) is 20.8 Å². The molecule has 0 unspecified atom stereocenters. The first-order chi connectivity index (χ1) is 16.5. The summed E-state index contributed by atoms with van der Waals surface area (Å²) in [7, 11) is 0. The van der Waals surface area contributed by atoms with Gasteiger partial charge in [-0.3, -0.25) is 9.69 Å². The number of nitrogens with zero attached hydrogens (tertiary/aromatic N) is 5. The number of carbonyl (C=O) groups excluding carboxylic acids is 1. The number of aryl methyl sites for hydroxylation is 3. The predicted molar refractivity (Wildman–Crippen MR) is 133 cm³/mol. The Bertz CT molecular complexity index is 1340. The number of rotatable bonds is 5. The van der Waals surface area contributed by atoms with E-state index in [-0.39, 0.29) is 18.5 Å². The molecule has 0 aliphatic carbocycles. The summed E-state index contributed by atoms with van der Waals surface area (Å²) in [5, 5.41) is 15.5. The van der Waals surface area contributed by atoms with Crippen molar-refractivity contribution >= 4 is 23.2 Å². The lowest BCUT2D eigenvalue weighted by molar-refractivity contribution is -0.114. The van der Waals surface area contributed by atoms with E-state index in [2.05, 4.69) is 89.3 Å². The lowest BCUT2D eigenvalue weighted by Gasteiger charge is -2.32. The van der Waals surface area contributed by atoms with Gasteiger partial charge in [-0.1, -0.05) is 82.5 Å². The van der Waals surface area contributed by atoms with Crippen molar-refractivity contribution in [2.75, 3.05) is 16.8 Å². The van der Waals surface area contributed by atoms with Gasteiger partial charge in [0.05, 0.1) is 5.70 Å². The van der Waals surface area contributed by atoms with Crippen molar-refractivity contribution in [3.63, 3.8) is 0 Å². The number of allylic oxidation sites excluding steroid dienone is 1. The number of nitrogens with one attached hydrogen (secondary N) is 1. The fraction of sp³-hybridized carbons (Fsp3) is 0.185. The minimum atomic E-state index is -0.182. The summed E-state index contributed by atoms with van der Waals surface area (Å²) in [4.78, 5) is 14.9. The summed E-state index contributed by atoms with van der Waals surface area (Å²) in [6.45, 7) is 6.22. The van der Waals surface area contributed by atoms with Crippen LogP contribution in [0.2, 0.25) is 0 Å². The molecule has 1 aromatic heterocycles. The van der Waals surface area contributed by atoms with Crippen molar-refractivity contribution < 1.29 is 4.79 Å². The lowest BCUT2D eigenvalue weighted by Crippen LogP contribution is -2.37. The smallest absolute Gasteiger partial charge is 0.251 e. The van der Waals surface area contributed by atoms with Gasteiger partial charge in [0.2, 0.25) is 5.91 Å². The standard InChI is InChI=1S/C27H26N6O/c1-18-4-10-21(11-5-18)24-16-25(22-12-6-19(2)7-13-22)33-27(29-30-31-33)32(24)17-26(34)28-23-14-8-20(3)9-15-23/h4-16,25H,17H2,1-3H3,(H,28,34)/t25-/m1/s1. The number of benzene rings is 3. The van der Waals surface area contributed by atoms with Crippen LogP contribution in [-0.2, 0) is 4.79 Å². The van der Waals surface area contributed by atoms with Crippen LogP contribution < -0.4 is 10.2 Å². The minimum Gasteiger partial charge on any atom is -0.325 e. The normalized spacial score (nSPS) is 15.0. The highest BCUT2D eigenvalue weighted by Crippen LogP contribution is 2.36. The molecule has 1 amide bonds. The van der Waals surface area contributed by atoms with E-state index in [1.807, 2.05) is 36.1 Å². The van der Waals surface area contributed by atoms with Crippen molar-refractivity contribution in [2.24, 2.45) is 0 Å². The monoisotopic (exact) mass is 450 g/mol. The van der Waals surface area contributed by atoms with Crippen LogP contribution in [0.3, 0.4) is 0 Å². The van der Waals surface area contributed by atoms with E-state index in [1.54, 1.807) is 4.68 Å². The molecule has 2 heterocycles. The Labute approximate surface area is 198 Å². The fourth-order valence-electron chi connectivity index (χ4n) is 4.08. The molecule has 0 saturated carbocycles. The topological polar surface area (TPSA) is 75.9 Å². The summed E-state index contributed by atoms with van der Waals surface area (Å²) < 4.78 is 1.77. The Kier molecular flexibility index (Phi) is 5.67. The van der Waals surface area contributed by atoms with Crippen LogP contribution in [0.1, 0.15) is 33.9 Å². The number of anilines is 2. The zero-order valence-corrected chi connectivity index (χ0v) is 19.4. The molecule has 5 rings (SSSR count). The Morgan fingerprint density at radius 3 is 2.09 bits per heavy atom. The predicted octanol–water partition coefficient (Wildman–Crippen LogP) is 4.69. The highest BCUT2D eigenvalue weighted by Gasteiger charge is 2.31. The van der Waals surface area contributed by atoms with E-state index in [9.17, 15) is 4.79 Å². The molecule has 7 nitrogen and oxygen atoms in total. The van der Waals surface area contributed by atoms with Gasteiger partial charge in [-0.2, -0.15) is 4.68 Å². The van der Waals surface area contributed by atoms with Crippen LogP contribution in [0.4, 0.5) is 11.6 Å². The first-order valence-electron chi connectivity index (χ1n) is 11.3. The Morgan fingerprint density at radius 2 is 1.44 bits per heavy atom. The quantitative estimate of drug-likeness (QED) is 0.478. The zero-order valence-electron chi connectivity index (χ0n) is 19.4.